The third kappa shape index (κ3) is 3.31. The molecule has 3 heterocycles. The first-order valence-electron chi connectivity index (χ1n) is 7.70. The van der Waals surface area contributed by atoms with Gasteiger partial charge in [-0.25, -0.2) is 15.0 Å². The number of rotatable bonds is 4. The predicted molar refractivity (Wildman–Crippen MR) is 84.9 cm³/mol. The van der Waals surface area contributed by atoms with Crippen molar-refractivity contribution in [2.45, 2.75) is 33.4 Å². The topological polar surface area (TPSA) is 68.2 Å². The summed E-state index contributed by atoms with van der Waals surface area (Å²) in [6.45, 7) is 5.35. The highest BCUT2D eigenvalue weighted by Gasteiger charge is 2.26. The van der Waals surface area contributed by atoms with Crippen LogP contribution in [0.25, 0.3) is 0 Å². The summed E-state index contributed by atoms with van der Waals surface area (Å²) in [5, 5.41) is 0. The van der Waals surface area contributed by atoms with Crippen molar-refractivity contribution in [3.05, 3.63) is 47.2 Å². The molecule has 0 saturated heterocycles. The highest BCUT2D eigenvalue weighted by atomic mass is 16.5. The Bertz CT molecular complexity index is 730. The molecule has 3 rings (SSSR count). The standard InChI is InChI=1S/C17H20N4O2/c1-11(2)6-15-19-8-13-9-21(10-14(13)20-15)17(22)12-4-5-18-16(7-12)23-3/h4-5,7-8,11H,6,9-10H2,1-3H3. The fourth-order valence-electron chi connectivity index (χ4n) is 2.64. The summed E-state index contributed by atoms with van der Waals surface area (Å²) in [7, 11) is 1.54. The number of aromatic nitrogens is 3. The number of carbonyl (C=O) groups is 1. The van der Waals surface area contributed by atoms with E-state index in [1.807, 2.05) is 6.20 Å². The first-order chi connectivity index (χ1) is 11.1. The van der Waals surface area contributed by atoms with Crippen molar-refractivity contribution >= 4 is 5.91 Å². The fourth-order valence-corrected chi connectivity index (χ4v) is 2.64. The lowest BCUT2D eigenvalue weighted by atomic mass is 10.1. The number of fused-ring (bicyclic) bond motifs is 1. The molecule has 6 nitrogen and oxygen atoms in total. The lowest BCUT2D eigenvalue weighted by Gasteiger charge is -2.15. The highest BCUT2D eigenvalue weighted by molar-refractivity contribution is 5.94. The summed E-state index contributed by atoms with van der Waals surface area (Å²) >= 11 is 0. The molecule has 0 atom stereocenters. The van der Waals surface area contributed by atoms with Crippen molar-refractivity contribution in [3.8, 4) is 5.88 Å². The van der Waals surface area contributed by atoms with Crippen LogP contribution >= 0.6 is 0 Å². The van der Waals surface area contributed by atoms with E-state index in [-0.39, 0.29) is 5.91 Å². The minimum Gasteiger partial charge on any atom is -0.481 e. The van der Waals surface area contributed by atoms with E-state index in [4.69, 9.17) is 4.74 Å². The first kappa shape index (κ1) is 15.4. The molecule has 0 spiro atoms. The van der Waals surface area contributed by atoms with Gasteiger partial charge in [0.2, 0.25) is 5.88 Å². The van der Waals surface area contributed by atoms with Crippen LogP contribution in [0, 0.1) is 5.92 Å². The molecule has 2 aromatic rings. The van der Waals surface area contributed by atoms with Crippen LogP contribution in [0.1, 0.15) is 41.3 Å². The van der Waals surface area contributed by atoms with Crippen molar-refractivity contribution in [2.75, 3.05) is 7.11 Å². The number of nitrogens with zero attached hydrogens (tertiary/aromatic N) is 4. The molecular weight excluding hydrogens is 292 g/mol. The van der Waals surface area contributed by atoms with E-state index in [9.17, 15) is 4.79 Å². The first-order valence-corrected chi connectivity index (χ1v) is 7.70. The summed E-state index contributed by atoms with van der Waals surface area (Å²) in [5.74, 6) is 1.75. The maximum atomic E-state index is 12.6. The van der Waals surface area contributed by atoms with E-state index in [1.54, 1.807) is 23.2 Å². The molecule has 0 fully saturated rings. The van der Waals surface area contributed by atoms with E-state index in [0.717, 1.165) is 23.5 Å². The molecule has 6 heteroatoms. The van der Waals surface area contributed by atoms with Gasteiger partial charge in [0.25, 0.3) is 5.91 Å². The zero-order valence-corrected chi connectivity index (χ0v) is 13.6. The molecule has 0 radical (unpaired) electrons. The third-order valence-electron chi connectivity index (χ3n) is 3.77. The SMILES string of the molecule is COc1cc(C(=O)N2Cc3cnc(CC(C)C)nc3C2)ccn1. The number of pyridine rings is 1. The van der Waals surface area contributed by atoms with Crippen LogP contribution in [0.5, 0.6) is 5.88 Å². The second-order valence-electron chi connectivity index (χ2n) is 6.10. The number of hydrogen-bond donors (Lipinski definition) is 0. The summed E-state index contributed by atoms with van der Waals surface area (Å²) in [4.78, 5) is 27.5. The van der Waals surface area contributed by atoms with Crippen molar-refractivity contribution in [1.82, 2.24) is 19.9 Å². The van der Waals surface area contributed by atoms with Crippen molar-refractivity contribution in [1.29, 1.82) is 0 Å². The summed E-state index contributed by atoms with van der Waals surface area (Å²) < 4.78 is 5.08. The maximum Gasteiger partial charge on any atom is 0.254 e. The van der Waals surface area contributed by atoms with Gasteiger partial charge >= 0.3 is 0 Å². The molecule has 0 aromatic carbocycles. The largest absolute Gasteiger partial charge is 0.481 e. The van der Waals surface area contributed by atoms with Gasteiger partial charge in [-0.05, 0) is 12.0 Å². The minimum absolute atomic E-state index is 0.0471. The fraction of sp³-hybridized carbons (Fsp3) is 0.412. The van der Waals surface area contributed by atoms with Gasteiger partial charge < -0.3 is 9.64 Å². The van der Waals surface area contributed by atoms with Crippen LogP contribution in [0.4, 0.5) is 0 Å². The van der Waals surface area contributed by atoms with E-state index in [2.05, 4.69) is 28.8 Å². The normalized spacial score (nSPS) is 13.3. The average Bonchev–Trinajstić information content (AvgIpc) is 2.96. The molecule has 0 aliphatic carbocycles. The smallest absolute Gasteiger partial charge is 0.254 e. The Morgan fingerprint density at radius 1 is 1.35 bits per heavy atom. The van der Waals surface area contributed by atoms with Crippen LogP contribution in [-0.2, 0) is 19.5 Å². The quantitative estimate of drug-likeness (QED) is 0.866. The zero-order chi connectivity index (χ0) is 16.4. The summed E-state index contributed by atoms with van der Waals surface area (Å²) in [6, 6.07) is 3.35. The molecular formula is C17H20N4O2. The lowest BCUT2D eigenvalue weighted by Crippen LogP contribution is -2.25. The van der Waals surface area contributed by atoms with Crippen LogP contribution in [-0.4, -0.2) is 32.9 Å². The van der Waals surface area contributed by atoms with Gasteiger partial charge in [0, 0.05) is 42.6 Å². The van der Waals surface area contributed by atoms with E-state index in [0.29, 0.717) is 30.5 Å². The van der Waals surface area contributed by atoms with Gasteiger partial charge in [0.15, 0.2) is 0 Å². The van der Waals surface area contributed by atoms with Gasteiger partial charge in [-0.2, -0.15) is 0 Å². The van der Waals surface area contributed by atoms with E-state index in [1.165, 1.54) is 7.11 Å². The molecule has 1 aliphatic heterocycles. The highest BCUT2D eigenvalue weighted by Crippen LogP contribution is 2.23. The van der Waals surface area contributed by atoms with Gasteiger partial charge in [0.05, 0.1) is 19.3 Å². The second kappa shape index (κ2) is 6.32. The number of methoxy groups -OCH3 is 1. The Morgan fingerprint density at radius 3 is 2.91 bits per heavy atom. The van der Waals surface area contributed by atoms with E-state index < -0.39 is 0 Å². The molecule has 0 unspecified atom stereocenters. The van der Waals surface area contributed by atoms with Gasteiger partial charge in [-0.15, -0.1) is 0 Å². The lowest BCUT2D eigenvalue weighted by molar-refractivity contribution is 0.0750. The van der Waals surface area contributed by atoms with Crippen LogP contribution < -0.4 is 4.74 Å². The van der Waals surface area contributed by atoms with Crippen LogP contribution in [0.3, 0.4) is 0 Å². The molecule has 2 aromatic heterocycles. The van der Waals surface area contributed by atoms with Gasteiger partial charge in [-0.3, -0.25) is 4.79 Å². The summed E-state index contributed by atoms with van der Waals surface area (Å²) in [5.41, 5.74) is 2.54. The monoisotopic (exact) mass is 312 g/mol. The average molecular weight is 312 g/mol. The van der Waals surface area contributed by atoms with Gasteiger partial charge in [-0.1, -0.05) is 13.8 Å². The molecule has 1 amide bonds. The Balaban J connectivity index is 1.77. The minimum atomic E-state index is -0.0471. The Hall–Kier alpha value is -2.50. The number of carbonyl (C=O) groups excluding carboxylic acids is 1. The van der Waals surface area contributed by atoms with Gasteiger partial charge in [0.1, 0.15) is 5.82 Å². The van der Waals surface area contributed by atoms with Crippen molar-refractivity contribution in [2.24, 2.45) is 5.92 Å². The Kier molecular flexibility index (Phi) is 4.23. The number of amides is 1. The predicted octanol–water partition coefficient (Wildman–Crippen LogP) is 2.23. The molecule has 120 valence electrons. The van der Waals surface area contributed by atoms with E-state index >= 15 is 0 Å². The molecule has 0 saturated carbocycles. The number of hydrogen-bond acceptors (Lipinski definition) is 5. The zero-order valence-electron chi connectivity index (χ0n) is 13.6. The maximum absolute atomic E-state index is 12.6. The Labute approximate surface area is 135 Å². The van der Waals surface area contributed by atoms with Crippen molar-refractivity contribution < 1.29 is 9.53 Å². The second-order valence-corrected chi connectivity index (χ2v) is 6.10. The molecule has 0 N–H and O–H groups in total. The number of ether oxygens (including phenoxy) is 1. The third-order valence-corrected chi connectivity index (χ3v) is 3.77. The van der Waals surface area contributed by atoms with Crippen molar-refractivity contribution in [3.63, 3.8) is 0 Å². The Morgan fingerprint density at radius 2 is 2.17 bits per heavy atom. The molecule has 1 aliphatic rings. The summed E-state index contributed by atoms with van der Waals surface area (Å²) in [6.07, 6.45) is 4.28. The molecule has 23 heavy (non-hydrogen) atoms. The van der Waals surface area contributed by atoms with Crippen LogP contribution in [0.2, 0.25) is 0 Å². The molecule has 0 bridgehead atoms. The van der Waals surface area contributed by atoms with Crippen LogP contribution in [0.15, 0.2) is 24.5 Å².